The molecule has 2 fully saturated rings. The van der Waals surface area contributed by atoms with Crippen molar-refractivity contribution in [3.63, 3.8) is 0 Å². The van der Waals surface area contributed by atoms with Crippen LogP contribution in [-0.4, -0.2) is 83.9 Å². The van der Waals surface area contributed by atoms with E-state index >= 15 is 0 Å². The van der Waals surface area contributed by atoms with E-state index < -0.39 is 26.2 Å². The van der Waals surface area contributed by atoms with Crippen molar-refractivity contribution in [2.24, 2.45) is 0 Å². The predicted molar refractivity (Wildman–Crippen MR) is 162 cm³/mol. The third kappa shape index (κ3) is 6.89. The number of piperidine rings is 1. The Bertz CT molecular complexity index is 1600. The molecule has 2 aromatic carbocycles. The SMILES string of the molecule is CNS(=O)(=O)c1cccc(OCC(O)CNC2COC3(CCN(S(=O)(=O)c4cccc(-c5cscc5C)c4)CC3)C2)c1. The Balaban J connectivity index is 1.10. The van der Waals surface area contributed by atoms with Crippen molar-refractivity contribution in [3.8, 4) is 16.9 Å². The molecule has 2 saturated heterocycles. The minimum absolute atomic E-state index is 0.00519. The van der Waals surface area contributed by atoms with Gasteiger partial charge in [-0.25, -0.2) is 21.6 Å². The molecule has 2 atom stereocenters. The van der Waals surface area contributed by atoms with Crippen LogP contribution in [0.1, 0.15) is 24.8 Å². The van der Waals surface area contributed by atoms with E-state index in [0.717, 1.165) is 23.1 Å². The molecular weight excluding hydrogens is 599 g/mol. The molecule has 0 bridgehead atoms. The standard InChI is InChI=1S/C29H37N3O7S3/c1-21-19-40-20-28(21)22-5-3-8-27(13-22)42(36,37)32-11-9-29(10-12-32)15-23(17-39-29)31-16-24(33)18-38-25-6-4-7-26(14-25)41(34,35)30-2/h3-8,13-14,19-20,23-24,30-31,33H,9-12,15-18H2,1-2H3. The Labute approximate surface area is 251 Å². The third-order valence-electron chi connectivity index (χ3n) is 7.95. The summed E-state index contributed by atoms with van der Waals surface area (Å²) >= 11 is 1.60. The zero-order valence-electron chi connectivity index (χ0n) is 23.7. The second-order valence-corrected chi connectivity index (χ2v) is 15.4. The monoisotopic (exact) mass is 635 g/mol. The van der Waals surface area contributed by atoms with Crippen molar-refractivity contribution >= 4 is 31.4 Å². The Hall–Kier alpha value is -2.36. The molecule has 3 heterocycles. The van der Waals surface area contributed by atoms with Crippen LogP contribution >= 0.6 is 11.3 Å². The Morgan fingerprint density at radius 3 is 2.55 bits per heavy atom. The highest BCUT2D eigenvalue weighted by molar-refractivity contribution is 7.89. The summed E-state index contributed by atoms with van der Waals surface area (Å²) in [6.07, 6.45) is 1.12. The summed E-state index contributed by atoms with van der Waals surface area (Å²) in [7, 11) is -5.88. The van der Waals surface area contributed by atoms with E-state index in [4.69, 9.17) is 9.47 Å². The van der Waals surface area contributed by atoms with Gasteiger partial charge in [-0.15, -0.1) is 0 Å². The average Bonchev–Trinajstić information content (AvgIpc) is 3.61. The van der Waals surface area contributed by atoms with Gasteiger partial charge in [0.05, 0.1) is 22.0 Å². The largest absolute Gasteiger partial charge is 0.491 e. The molecule has 1 aromatic heterocycles. The van der Waals surface area contributed by atoms with Crippen molar-refractivity contribution < 1.29 is 31.4 Å². The van der Waals surface area contributed by atoms with Crippen molar-refractivity contribution in [1.82, 2.24) is 14.3 Å². The molecule has 10 nitrogen and oxygen atoms in total. The van der Waals surface area contributed by atoms with Gasteiger partial charge in [0.15, 0.2) is 0 Å². The van der Waals surface area contributed by atoms with Crippen molar-refractivity contribution in [3.05, 3.63) is 64.9 Å². The van der Waals surface area contributed by atoms with Gasteiger partial charge in [-0.1, -0.05) is 18.2 Å². The van der Waals surface area contributed by atoms with Gasteiger partial charge in [0.1, 0.15) is 18.5 Å². The molecule has 2 aliphatic heterocycles. The highest BCUT2D eigenvalue weighted by atomic mass is 32.2. The van der Waals surface area contributed by atoms with Gasteiger partial charge >= 0.3 is 0 Å². The number of aryl methyl sites for hydroxylation is 1. The molecule has 0 saturated carbocycles. The van der Waals surface area contributed by atoms with Gasteiger partial charge in [0.2, 0.25) is 20.0 Å². The second kappa shape index (κ2) is 12.7. The average molecular weight is 636 g/mol. The van der Waals surface area contributed by atoms with E-state index in [2.05, 4.69) is 15.4 Å². The van der Waals surface area contributed by atoms with Crippen molar-refractivity contribution in [2.45, 2.75) is 53.7 Å². The van der Waals surface area contributed by atoms with Gasteiger partial charge < -0.3 is 19.9 Å². The minimum atomic E-state index is -3.63. The maximum Gasteiger partial charge on any atom is 0.243 e. The summed E-state index contributed by atoms with van der Waals surface area (Å²) in [6.45, 7) is 3.54. The lowest BCUT2D eigenvalue weighted by atomic mass is 9.88. The first-order valence-corrected chi connectivity index (χ1v) is 17.7. The van der Waals surface area contributed by atoms with Crippen LogP contribution in [0.25, 0.3) is 11.1 Å². The maximum absolute atomic E-state index is 13.5. The third-order valence-corrected chi connectivity index (χ3v) is 12.1. The fourth-order valence-electron chi connectivity index (χ4n) is 5.49. The van der Waals surface area contributed by atoms with Crippen molar-refractivity contribution in [2.75, 3.05) is 39.9 Å². The van der Waals surface area contributed by atoms with Crippen LogP contribution in [0.3, 0.4) is 0 Å². The fourth-order valence-corrected chi connectivity index (χ4v) is 8.60. The molecule has 3 aromatic rings. The number of nitrogens with zero attached hydrogens (tertiary/aromatic N) is 1. The van der Waals surface area contributed by atoms with Crippen LogP contribution in [-0.2, 0) is 24.8 Å². The quantitative estimate of drug-likeness (QED) is 0.293. The van der Waals surface area contributed by atoms with Crippen LogP contribution in [0.4, 0.5) is 0 Å². The number of benzene rings is 2. The number of ether oxygens (including phenoxy) is 2. The smallest absolute Gasteiger partial charge is 0.243 e. The molecule has 2 unspecified atom stereocenters. The first-order valence-electron chi connectivity index (χ1n) is 13.9. The highest BCUT2D eigenvalue weighted by Gasteiger charge is 2.44. The number of hydrogen-bond donors (Lipinski definition) is 3. The number of thiophene rings is 1. The van der Waals surface area contributed by atoms with Crippen LogP contribution in [0.2, 0.25) is 0 Å². The molecule has 0 aliphatic carbocycles. The van der Waals surface area contributed by atoms with E-state index in [1.54, 1.807) is 46.0 Å². The van der Waals surface area contributed by atoms with E-state index in [9.17, 15) is 21.9 Å². The second-order valence-electron chi connectivity index (χ2n) is 10.9. The van der Waals surface area contributed by atoms with Gasteiger partial charge in [-0.3, -0.25) is 0 Å². The van der Waals surface area contributed by atoms with E-state index in [0.29, 0.717) is 43.2 Å². The van der Waals surface area contributed by atoms with E-state index in [1.807, 2.05) is 18.4 Å². The molecular formula is C29H37N3O7S3. The van der Waals surface area contributed by atoms with Crippen molar-refractivity contribution in [1.29, 1.82) is 0 Å². The minimum Gasteiger partial charge on any atom is -0.491 e. The topological polar surface area (TPSA) is 134 Å². The molecule has 5 rings (SSSR count). The molecule has 3 N–H and O–H groups in total. The van der Waals surface area contributed by atoms with Gasteiger partial charge in [0, 0.05) is 31.7 Å². The summed E-state index contributed by atoms with van der Waals surface area (Å²) in [5.74, 6) is 0.351. The number of hydrogen-bond acceptors (Lipinski definition) is 9. The summed E-state index contributed by atoms with van der Waals surface area (Å²) in [6, 6.07) is 13.3. The van der Waals surface area contributed by atoms with E-state index in [-0.39, 0.29) is 29.7 Å². The molecule has 2 aliphatic rings. The van der Waals surface area contributed by atoms with Crippen LogP contribution < -0.4 is 14.8 Å². The number of rotatable bonds is 11. The molecule has 13 heteroatoms. The lowest BCUT2D eigenvalue weighted by molar-refractivity contribution is -0.0312. The maximum atomic E-state index is 13.5. The summed E-state index contributed by atoms with van der Waals surface area (Å²) < 4.78 is 66.6. The number of sulfonamides is 2. The zero-order valence-corrected chi connectivity index (χ0v) is 26.1. The molecule has 1 spiro atoms. The van der Waals surface area contributed by atoms with Gasteiger partial charge in [0.25, 0.3) is 0 Å². The lowest BCUT2D eigenvalue weighted by Gasteiger charge is -2.38. The number of nitrogens with one attached hydrogen (secondary N) is 2. The normalized spacial score (nSPS) is 20.1. The van der Waals surface area contributed by atoms with Crippen LogP contribution in [0.15, 0.2) is 69.1 Å². The Morgan fingerprint density at radius 1 is 1.10 bits per heavy atom. The molecule has 42 heavy (non-hydrogen) atoms. The summed E-state index contributed by atoms with van der Waals surface area (Å²) in [5.41, 5.74) is 2.70. The number of aliphatic hydroxyl groups excluding tert-OH is 1. The molecule has 0 radical (unpaired) electrons. The van der Waals surface area contributed by atoms with Gasteiger partial charge in [-0.05, 0) is 84.9 Å². The first-order chi connectivity index (χ1) is 20.0. The Morgan fingerprint density at radius 2 is 1.83 bits per heavy atom. The van der Waals surface area contributed by atoms with E-state index in [1.165, 1.54) is 19.2 Å². The molecule has 0 amide bonds. The highest BCUT2D eigenvalue weighted by Crippen LogP contribution is 2.38. The Kier molecular flexibility index (Phi) is 9.40. The molecule has 228 valence electrons. The first kappa shape index (κ1) is 31.1. The van der Waals surface area contributed by atoms with Crippen LogP contribution in [0.5, 0.6) is 5.75 Å². The fraction of sp³-hybridized carbons (Fsp3) is 0.448. The zero-order chi connectivity index (χ0) is 30.0. The number of aliphatic hydroxyl groups is 1. The van der Waals surface area contributed by atoms with Gasteiger partial charge in [-0.2, -0.15) is 15.6 Å². The summed E-state index contributed by atoms with van der Waals surface area (Å²) in [4.78, 5) is 0.393. The lowest BCUT2D eigenvalue weighted by Crippen LogP contribution is -2.47. The van der Waals surface area contributed by atoms with Crippen LogP contribution in [0, 0.1) is 6.92 Å². The predicted octanol–water partition coefficient (Wildman–Crippen LogP) is 2.97. The summed E-state index contributed by atoms with van der Waals surface area (Å²) in [5, 5.41) is 17.9.